The lowest BCUT2D eigenvalue weighted by atomic mass is 10.0. The average Bonchev–Trinajstić information content (AvgIpc) is 2.50. The molecule has 6 heteroatoms. The van der Waals surface area contributed by atoms with Crippen molar-refractivity contribution in [2.75, 3.05) is 34.3 Å². The Morgan fingerprint density at radius 2 is 1.95 bits per heavy atom. The van der Waals surface area contributed by atoms with Crippen LogP contribution >= 0.6 is 0 Å². The molecular formula is C16H24N2O4. The fourth-order valence-corrected chi connectivity index (χ4v) is 1.83. The molecule has 1 unspecified atom stereocenters. The number of esters is 1. The molecule has 2 N–H and O–H groups in total. The van der Waals surface area contributed by atoms with Gasteiger partial charge < -0.3 is 20.1 Å². The minimum absolute atomic E-state index is 0.141. The summed E-state index contributed by atoms with van der Waals surface area (Å²) in [4.78, 5) is 25.5. The molecule has 1 aromatic carbocycles. The molecule has 0 aliphatic carbocycles. The van der Waals surface area contributed by atoms with Crippen molar-refractivity contribution in [3.63, 3.8) is 0 Å². The molecule has 22 heavy (non-hydrogen) atoms. The first kappa shape index (κ1) is 18.1. The summed E-state index contributed by atoms with van der Waals surface area (Å²) in [7, 11) is 5.14. The topological polar surface area (TPSA) is 78.9 Å². The monoisotopic (exact) mass is 308 g/mol. The molecule has 0 aliphatic heterocycles. The number of aliphatic hydroxyl groups is 1. The van der Waals surface area contributed by atoms with Crippen molar-refractivity contribution in [2.24, 2.45) is 0 Å². The summed E-state index contributed by atoms with van der Waals surface area (Å²) in [6.45, 7) is 2.55. The molecule has 0 saturated heterocycles. The quantitative estimate of drug-likeness (QED) is 0.732. The Morgan fingerprint density at radius 3 is 2.55 bits per heavy atom. The SMILES string of the molecule is COC(=O)c1cccc(C(=O)NCC(C)(O)CCN(C)C)c1. The van der Waals surface area contributed by atoms with Crippen LogP contribution in [0.15, 0.2) is 24.3 Å². The van der Waals surface area contributed by atoms with Crippen LogP contribution in [0.25, 0.3) is 0 Å². The van der Waals surface area contributed by atoms with E-state index in [1.54, 1.807) is 25.1 Å². The molecule has 0 heterocycles. The Hall–Kier alpha value is -1.92. The van der Waals surface area contributed by atoms with Crippen LogP contribution in [0, 0.1) is 0 Å². The van der Waals surface area contributed by atoms with Crippen LogP contribution in [0.5, 0.6) is 0 Å². The molecule has 0 bridgehead atoms. The maximum atomic E-state index is 12.1. The first-order chi connectivity index (χ1) is 10.2. The minimum atomic E-state index is -0.986. The number of carbonyl (C=O) groups is 2. The summed E-state index contributed by atoms with van der Waals surface area (Å²) in [6.07, 6.45) is 0.544. The van der Waals surface area contributed by atoms with Gasteiger partial charge in [0.05, 0.1) is 18.3 Å². The number of hydrogen-bond donors (Lipinski definition) is 2. The molecule has 122 valence electrons. The molecule has 1 rings (SSSR count). The van der Waals surface area contributed by atoms with Crippen LogP contribution in [0.1, 0.15) is 34.1 Å². The lowest BCUT2D eigenvalue weighted by Crippen LogP contribution is -2.42. The third-order valence-corrected chi connectivity index (χ3v) is 3.27. The van der Waals surface area contributed by atoms with Gasteiger partial charge in [0, 0.05) is 18.7 Å². The van der Waals surface area contributed by atoms with Gasteiger partial charge in [0.25, 0.3) is 5.91 Å². The van der Waals surface area contributed by atoms with Crippen LogP contribution in [-0.4, -0.2) is 61.8 Å². The van der Waals surface area contributed by atoms with E-state index < -0.39 is 11.6 Å². The Morgan fingerprint density at radius 1 is 1.32 bits per heavy atom. The maximum absolute atomic E-state index is 12.1. The van der Waals surface area contributed by atoms with Gasteiger partial charge in [-0.25, -0.2) is 4.79 Å². The van der Waals surface area contributed by atoms with E-state index in [4.69, 9.17) is 0 Å². The Kier molecular flexibility index (Phi) is 6.52. The van der Waals surface area contributed by atoms with E-state index in [1.807, 2.05) is 19.0 Å². The summed E-state index contributed by atoms with van der Waals surface area (Å²) in [5.41, 5.74) is -0.319. The summed E-state index contributed by atoms with van der Waals surface area (Å²) < 4.78 is 4.62. The van der Waals surface area contributed by atoms with Gasteiger partial charge in [-0.15, -0.1) is 0 Å². The zero-order valence-electron chi connectivity index (χ0n) is 13.5. The normalized spacial score (nSPS) is 13.5. The molecule has 1 aromatic rings. The molecule has 0 spiro atoms. The number of ether oxygens (including phenoxy) is 1. The van der Waals surface area contributed by atoms with Crippen molar-refractivity contribution in [1.29, 1.82) is 0 Å². The van der Waals surface area contributed by atoms with Gasteiger partial charge in [0.1, 0.15) is 0 Å². The van der Waals surface area contributed by atoms with E-state index >= 15 is 0 Å². The number of methoxy groups -OCH3 is 1. The number of benzene rings is 1. The standard InChI is InChI=1S/C16H24N2O4/c1-16(21,8-9-18(2)3)11-17-14(19)12-6-5-7-13(10-12)15(20)22-4/h5-7,10,21H,8-9,11H2,1-4H3,(H,17,19). The first-order valence-electron chi connectivity index (χ1n) is 7.09. The van der Waals surface area contributed by atoms with Gasteiger partial charge in [-0.2, -0.15) is 0 Å². The predicted octanol–water partition coefficient (Wildman–Crippen LogP) is 0.906. The van der Waals surface area contributed by atoms with Crippen molar-refractivity contribution in [1.82, 2.24) is 10.2 Å². The smallest absolute Gasteiger partial charge is 0.337 e. The fraction of sp³-hybridized carbons (Fsp3) is 0.500. The summed E-state index contributed by atoms with van der Waals surface area (Å²) in [5.74, 6) is -0.830. The molecule has 0 aromatic heterocycles. The van der Waals surface area contributed by atoms with Crippen molar-refractivity contribution in [2.45, 2.75) is 18.9 Å². The zero-order chi connectivity index (χ0) is 16.8. The third kappa shape index (κ3) is 5.83. The molecule has 0 aliphatic rings. The third-order valence-electron chi connectivity index (χ3n) is 3.27. The van der Waals surface area contributed by atoms with Gasteiger partial charge in [0.2, 0.25) is 0 Å². The lowest BCUT2D eigenvalue weighted by molar-refractivity contribution is 0.0416. The molecule has 6 nitrogen and oxygen atoms in total. The highest BCUT2D eigenvalue weighted by Crippen LogP contribution is 2.10. The van der Waals surface area contributed by atoms with Crippen LogP contribution < -0.4 is 5.32 Å². The number of hydrogen-bond acceptors (Lipinski definition) is 5. The minimum Gasteiger partial charge on any atom is -0.465 e. The average molecular weight is 308 g/mol. The first-order valence-corrected chi connectivity index (χ1v) is 7.09. The summed E-state index contributed by atoms with van der Waals surface area (Å²) >= 11 is 0. The zero-order valence-corrected chi connectivity index (χ0v) is 13.5. The Balaban J connectivity index is 2.64. The van der Waals surface area contributed by atoms with Crippen molar-refractivity contribution in [3.05, 3.63) is 35.4 Å². The van der Waals surface area contributed by atoms with E-state index in [-0.39, 0.29) is 12.5 Å². The highest BCUT2D eigenvalue weighted by Gasteiger charge is 2.21. The second-order valence-corrected chi connectivity index (χ2v) is 5.81. The van der Waals surface area contributed by atoms with Crippen LogP contribution in [0.2, 0.25) is 0 Å². The highest BCUT2D eigenvalue weighted by molar-refractivity contribution is 5.97. The second kappa shape index (κ2) is 7.91. The second-order valence-electron chi connectivity index (χ2n) is 5.81. The van der Waals surface area contributed by atoms with Crippen LogP contribution in [-0.2, 0) is 4.74 Å². The molecule has 0 fully saturated rings. The molecular weight excluding hydrogens is 284 g/mol. The molecule has 0 saturated carbocycles. The number of nitrogens with zero attached hydrogens (tertiary/aromatic N) is 1. The highest BCUT2D eigenvalue weighted by atomic mass is 16.5. The summed E-state index contributed by atoms with van der Waals surface area (Å²) in [6, 6.07) is 6.27. The number of nitrogens with one attached hydrogen (secondary N) is 1. The Labute approximate surface area is 131 Å². The van der Waals surface area contributed by atoms with E-state index in [1.165, 1.54) is 13.2 Å². The molecule has 1 atom stereocenters. The van der Waals surface area contributed by atoms with Crippen molar-refractivity contribution >= 4 is 11.9 Å². The molecule has 0 radical (unpaired) electrons. The predicted molar refractivity (Wildman–Crippen MR) is 83.9 cm³/mol. The lowest BCUT2D eigenvalue weighted by Gasteiger charge is -2.25. The van der Waals surface area contributed by atoms with Crippen LogP contribution in [0.3, 0.4) is 0 Å². The van der Waals surface area contributed by atoms with E-state index in [0.717, 1.165) is 6.54 Å². The number of rotatable bonds is 7. The number of amides is 1. The van der Waals surface area contributed by atoms with Crippen LogP contribution in [0.4, 0.5) is 0 Å². The van der Waals surface area contributed by atoms with Gasteiger partial charge in [-0.1, -0.05) is 6.07 Å². The van der Waals surface area contributed by atoms with Crippen molar-refractivity contribution in [3.8, 4) is 0 Å². The van der Waals surface area contributed by atoms with E-state index in [0.29, 0.717) is 17.5 Å². The van der Waals surface area contributed by atoms with Crippen molar-refractivity contribution < 1.29 is 19.4 Å². The largest absolute Gasteiger partial charge is 0.465 e. The Bertz CT molecular complexity index is 527. The van der Waals surface area contributed by atoms with Gasteiger partial charge in [-0.3, -0.25) is 4.79 Å². The fourth-order valence-electron chi connectivity index (χ4n) is 1.83. The number of carbonyl (C=O) groups excluding carboxylic acids is 2. The van der Waals surface area contributed by atoms with Gasteiger partial charge in [0.15, 0.2) is 0 Å². The van der Waals surface area contributed by atoms with E-state index in [2.05, 4.69) is 10.1 Å². The molecule has 1 amide bonds. The van der Waals surface area contributed by atoms with Gasteiger partial charge in [-0.05, 0) is 45.6 Å². The maximum Gasteiger partial charge on any atom is 0.337 e. The van der Waals surface area contributed by atoms with Gasteiger partial charge >= 0.3 is 5.97 Å². The summed E-state index contributed by atoms with van der Waals surface area (Å²) in [5, 5.41) is 12.9. The van der Waals surface area contributed by atoms with E-state index in [9.17, 15) is 14.7 Å².